The third-order valence-corrected chi connectivity index (χ3v) is 11.3. The lowest BCUT2D eigenvalue weighted by molar-refractivity contribution is -0.255. The fourth-order valence-corrected chi connectivity index (χ4v) is 8.07. The molecule has 0 aliphatic carbocycles. The van der Waals surface area contributed by atoms with Crippen molar-refractivity contribution < 1.29 is 19.4 Å². The van der Waals surface area contributed by atoms with Gasteiger partial charge in [0.25, 0.3) is 0 Å². The molecule has 3 aromatic carbocycles. The SMILES string of the molecule is CCCCCCCCCCCCCCCC(=O)NCc1ccc(C2OC(CSc3ccccn3)C(c3ccccc3)C(c3ccc(CO)cc3)O2)cc1. The lowest BCUT2D eigenvalue weighted by atomic mass is 9.84. The molecule has 7 heteroatoms. The Balaban J connectivity index is 1.13. The van der Waals surface area contributed by atoms with E-state index in [-0.39, 0.29) is 30.6 Å². The predicted octanol–water partition coefficient (Wildman–Crippen LogP) is 11.4. The zero-order chi connectivity index (χ0) is 36.9. The van der Waals surface area contributed by atoms with Gasteiger partial charge in [0.15, 0.2) is 6.29 Å². The quantitative estimate of drug-likeness (QED) is 0.0583. The molecule has 2 N–H and O–H groups in total. The summed E-state index contributed by atoms with van der Waals surface area (Å²) < 4.78 is 13.7. The van der Waals surface area contributed by atoms with Crippen LogP contribution in [0.5, 0.6) is 0 Å². The first kappa shape index (κ1) is 40.7. The molecule has 284 valence electrons. The van der Waals surface area contributed by atoms with E-state index in [0.29, 0.717) is 18.7 Å². The average Bonchev–Trinajstić information content (AvgIpc) is 3.21. The molecule has 0 radical (unpaired) electrons. The normalized spacial score (nSPS) is 18.5. The van der Waals surface area contributed by atoms with Crippen molar-refractivity contribution in [3.05, 3.63) is 131 Å². The zero-order valence-electron chi connectivity index (χ0n) is 31.7. The van der Waals surface area contributed by atoms with E-state index in [1.54, 1.807) is 11.8 Å². The smallest absolute Gasteiger partial charge is 0.220 e. The summed E-state index contributed by atoms with van der Waals surface area (Å²) in [5.41, 5.74) is 5.04. The van der Waals surface area contributed by atoms with Crippen molar-refractivity contribution in [2.24, 2.45) is 0 Å². The number of rotatable bonds is 23. The monoisotopic (exact) mass is 736 g/mol. The number of hydrogen-bond acceptors (Lipinski definition) is 6. The van der Waals surface area contributed by atoms with Gasteiger partial charge in [-0.25, -0.2) is 4.98 Å². The summed E-state index contributed by atoms with van der Waals surface area (Å²) in [6, 6.07) is 32.7. The van der Waals surface area contributed by atoms with Gasteiger partial charge in [0.2, 0.25) is 5.91 Å². The highest BCUT2D eigenvalue weighted by molar-refractivity contribution is 7.99. The highest BCUT2D eigenvalue weighted by Gasteiger charge is 2.42. The van der Waals surface area contributed by atoms with Gasteiger partial charge in [0, 0.05) is 36.4 Å². The Hall–Kier alpha value is -3.49. The second kappa shape index (κ2) is 23.3. The topological polar surface area (TPSA) is 80.7 Å². The molecule has 6 nitrogen and oxygen atoms in total. The van der Waals surface area contributed by atoms with E-state index in [4.69, 9.17) is 9.47 Å². The maximum absolute atomic E-state index is 12.6. The van der Waals surface area contributed by atoms with Gasteiger partial charge in [0.05, 0.1) is 23.8 Å². The lowest BCUT2D eigenvalue weighted by Gasteiger charge is -2.43. The largest absolute Gasteiger partial charge is 0.392 e. The number of ether oxygens (including phenoxy) is 2. The number of amides is 1. The van der Waals surface area contributed by atoms with Gasteiger partial charge in [-0.15, -0.1) is 11.8 Å². The van der Waals surface area contributed by atoms with Crippen molar-refractivity contribution in [1.82, 2.24) is 10.3 Å². The molecule has 1 amide bonds. The van der Waals surface area contributed by atoms with Crippen molar-refractivity contribution in [1.29, 1.82) is 0 Å². The summed E-state index contributed by atoms with van der Waals surface area (Å²) in [6.45, 7) is 2.77. The number of thioether (sulfide) groups is 1. The molecular weight excluding hydrogens is 677 g/mol. The summed E-state index contributed by atoms with van der Waals surface area (Å²) in [4.78, 5) is 17.2. The minimum atomic E-state index is -0.578. The molecule has 1 aromatic heterocycles. The second-order valence-corrected chi connectivity index (χ2v) is 15.4. The molecule has 4 aromatic rings. The third kappa shape index (κ3) is 13.7. The van der Waals surface area contributed by atoms with Crippen molar-refractivity contribution in [3.8, 4) is 0 Å². The molecule has 5 rings (SSSR count). The summed E-state index contributed by atoms with van der Waals surface area (Å²) >= 11 is 1.69. The molecule has 1 fully saturated rings. The van der Waals surface area contributed by atoms with Crippen LogP contribution in [-0.2, 0) is 27.4 Å². The van der Waals surface area contributed by atoms with Gasteiger partial charge in [-0.1, -0.05) is 169 Å². The lowest BCUT2D eigenvalue weighted by Crippen LogP contribution is -2.38. The minimum absolute atomic E-state index is 0.00472. The molecule has 0 spiro atoms. The van der Waals surface area contributed by atoms with E-state index < -0.39 is 6.29 Å². The Labute approximate surface area is 322 Å². The van der Waals surface area contributed by atoms with Crippen molar-refractivity contribution >= 4 is 17.7 Å². The summed E-state index contributed by atoms with van der Waals surface area (Å²) in [5, 5.41) is 13.8. The summed E-state index contributed by atoms with van der Waals surface area (Å²) in [7, 11) is 0. The Kier molecular flexibility index (Phi) is 17.9. The molecule has 1 saturated heterocycles. The molecule has 2 heterocycles. The number of aliphatic hydroxyl groups is 1. The number of benzene rings is 3. The highest BCUT2D eigenvalue weighted by Crippen LogP contribution is 2.48. The molecule has 4 atom stereocenters. The molecular formula is C46H60N2O4S. The van der Waals surface area contributed by atoms with Crippen LogP contribution in [0.2, 0.25) is 0 Å². The standard InChI is InChI=1S/C46H60N2O4S/c1-2-3-4-5-6-7-8-9-10-11-12-13-17-22-42(50)48-33-36-24-30-40(31-25-36)46-51-41(35-53-43-23-18-19-32-47-43)44(38-20-15-14-16-21-38)45(52-46)39-28-26-37(34-49)27-29-39/h14-16,18-21,23-32,41,44-46,49H,2-13,17,22,33-35H2,1H3,(H,48,50). The fraction of sp³-hybridized carbons (Fsp3) is 0.478. The zero-order valence-corrected chi connectivity index (χ0v) is 32.5. The average molecular weight is 737 g/mol. The molecule has 53 heavy (non-hydrogen) atoms. The first-order valence-corrected chi connectivity index (χ1v) is 21.1. The van der Waals surface area contributed by atoms with E-state index in [0.717, 1.165) is 45.7 Å². The first-order chi connectivity index (χ1) is 26.1. The number of carbonyl (C=O) groups is 1. The first-order valence-electron chi connectivity index (χ1n) is 20.1. The highest BCUT2D eigenvalue weighted by atomic mass is 32.2. The van der Waals surface area contributed by atoms with E-state index in [2.05, 4.69) is 77.9 Å². The Morgan fingerprint density at radius 3 is 1.91 bits per heavy atom. The van der Waals surface area contributed by atoms with Gasteiger partial charge in [0.1, 0.15) is 0 Å². The molecule has 0 bridgehead atoms. The number of carbonyl (C=O) groups excluding carboxylic acids is 1. The molecule has 1 aliphatic rings. The van der Waals surface area contributed by atoms with Crippen molar-refractivity contribution in [2.45, 2.75) is 139 Å². The minimum Gasteiger partial charge on any atom is -0.392 e. The van der Waals surface area contributed by atoms with Gasteiger partial charge >= 0.3 is 0 Å². The number of nitrogens with one attached hydrogen (secondary N) is 1. The second-order valence-electron chi connectivity index (χ2n) is 14.4. The van der Waals surface area contributed by atoms with Crippen LogP contribution in [0.25, 0.3) is 0 Å². The Bertz CT molecular complexity index is 1570. The van der Waals surface area contributed by atoms with Crippen LogP contribution in [0.1, 0.15) is 143 Å². The number of aromatic nitrogens is 1. The van der Waals surface area contributed by atoms with Crippen LogP contribution in [0, 0.1) is 0 Å². The van der Waals surface area contributed by atoms with E-state index >= 15 is 0 Å². The number of nitrogens with zero attached hydrogens (tertiary/aromatic N) is 1. The maximum atomic E-state index is 12.6. The maximum Gasteiger partial charge on any atom is 0.220 e. The van der Waals surface area contributed by atoms with Gasteiger partial charge < -0.3 is 19.9 Å². The van der Waals surface area contributed by atoms with Crippen LogP contribution >= 0.6 is 11.8 Å². The van der Waals surface area contributed by atoms with Crippen molar-refractivity contribution in [2.75, 3.05) is 5.75 Å². The third-order valence-electron chi connectivity index (χ3n) is 10.3. The van der Waals surface area contributed by atoms with E-state index in [1.807, 2.05) is 42.6 Å². The Morgan fingerprint density at radius 2 is 1.28 bits per heavy atom. The number of aliphatic hydroxyl groups excluding tert-OH is 1. The van der Waals surface area contributed by atoms with Crippen LogP contribution in [0.15, 0.2) is 108 Å². The van der Waals surface area contributed by atoms with Crippen LogP contribution < -0.4 is 5.32 Å². The Morgan fingerprint density at radius 1 is 0.679 bits per heavy atom. The molecule has 1 aliphatic heterocycles. The van der Waals surface area contributed by atoms with E-state index in [1.165, 1.54) is 70.6 Å². The van der Waals surface area contributed by atoms with Gasteiger partial charge in [-0.3, -0.25) is 4.79 Å². The van der Waals surface area contributed by atoms with Crippen molar-refractivity contribution in [3.63, 3.8) is 0 Å². The van der Waals surface area contributed by atoms with Gasteiger partial charge in [-0.2, -0.15) is 0 Å². The van der Waals surface area contributed by atoms with E-state index in [9.17, 15) is 9.90 Å². The number of pyridine rings is 1. The predicted molar refractivity (Wildman–Crippen MR) is 217 cm³/mol. The molecule has 0 saturated carbocycles. The fourth-order valence-electron chi connectivity index (χ4n) is 7.14. The van der Waals surface area contributed by atoms with Gasteiger partial charge in [-0.05, 0) is 40.8 Å². The number of unbranched alkanes of at least 4 members (excludes halogenated alkanes) is 12. The van der Waals surface area contributed by atoms with Crippen LogP contribution in [0.4, 0.5) is 0 Å². The summed E-state index contributed by atoms with van der Waals surface area (Å²) in [5.74, 6) is 0.754. The van der Waals surface area contributed by atoms with Crippen LogP contribution in [0.3, 0.4) is 0 Å². The summed E-state index contributed by atoms with van der Waals surface area (Å²) in [6.07, 6.45) is 18.3. The number of hydrogen-bond donors (Lipinski definition) is 2. The van der Waals surface area contributed by atoms with Crippen LogP contribution in [-0.4, -0.2) is 27.9 Å². The molecule has 4 unspecified atom stereocenters.